The van der Waals surface area contributed by atoms with Gasteiger partial charge in [0, 0.05) is 18.5 Å². The second kappa shape index (κ2) is 9.16. The van der Waals surface area contributed by atoms with Gasteiger partial charge in [-0.25, -0.2) is 16.8 Å². The number of hydrogen-bond acceptors (Lipinski definition) is 6. The van der Waals surface area contributed by atoms with Crippen LogP contribution in [0.25, 0.3) is 0 Å². The SMILES string of the molecule is Cc1ccc(C)c(NS(=O)(=O)c2ccc(NS(=O)(=O)c3ccc(N4C(=O)CCC4=O)cc3)cc2)c1. The highest BCUT2D eigenvalue weighted by molar-refractivity contribution is 7.93. The number of sulfonamides is 2. The lowest BCUT2D eigenvalue weighted by Crippen LogP contribution is -2.28. The van der Waals surface area contributed by atoms with Gasteiger partial charge in [0.05, 0.1) is 21.2 Å². The van der Waals surface area contributed by atoms with E-state index in [4.69, 9.17) is 0 Å². The van der Waals surface area contributed by atoms with Crippen LogP contribution in [0.3, 0.4) is 0 Å². The molecule has 35 heavy (non-hydrogen) atoms. The molecule has 0 aliphatic carbocycles. The Balaban J connectivity index is 1.49. The number of benzene rings is 3. The molecular formula is C24H23N3O6S2. The van der Waals surface area contributed by atoms with E-state index in [9.17, 15) is 26.4 Å². The van der Waals surface area contributed by atoms with E-state index in [1.54, 1.807) is 13.0 Å². The summed E-state index contributed by atoms with van der Waals surface area (Å²) in [5.41, 5.74) is 2.63. The highest BCUT2D eigenvalue weighted by Gasteiger charge is 2.30. The molecule has 0 atom stereocenters. The molecule has 1 aliphatic heterocycles. The van der Waals surface area contributed by atoms with Gasteiger partial charge in [-0.05, 0) is 79.6 Å². The molecule has 0 saturated carbocycles. The third-order valence-electron chi connectivity index (χ3n) is 5.51. The Morgan fingerprint density at radius 1 is 0.686 bits per heavy atom. The Labute approximate surface area is 203 Å². The van der Waals surface area contributed by atoms with Crippen LogP contribution >= 0.6 is 0 Å². The van der Waals surface area contributed by atoms with Crippen LogP contribution in [-0.4, -0.2) is 28.6 Å². The third-order valence-corrected chi connectivity index (χ3v) is 8.29. The van der Waals surface area contributed by atoms with E-state index in [2.05, 4.69) is 9.44 Å². The molecule has 2 amide bonds. The van der Waals surface area contributed by atoms with Crippen molar-refractivity contribution in [3.8, 4) is 0 Å². The fraction of sp³-hybridized carbons (Fsp3) is 0.167. The molecule has 1 saturated heterocycles. The van der Waals surface area contributed by atoms with Crippen molar-refractivity contribution in [1.82, 2.24) is 0 Å². The molecule has 0 bridgehead atoms. The number of anilines is 3. The monoisotopic (exact) mass is 513 g/mol. The number of nitrogens with zero attached hydrogens (tertiary/aromatic N) is 1. The standard InChI is InChI=1S/C24H23N3O6S2/c1-16-3-4-17(2)22(15-16)26-35(32,33)20-9-5-18(6-10-20)25-34(30,31)21-11-7-19(8-12-21)27-23(28)13-14-24(27)29/h3-12,15,25-26H,13-14H2,1-2H3. The van der Waals surface area contributed by atoms with Crippen LogP contribution in [0.4, 0.5) is 17.1 Å². The Morgan fingerprint density at radius 3 is 1.77 bits per heavy atom. The van der Waals surface area contributed by atoms with Crippen molar-refractivity contribution in [3.05, 3.63) is 77.9 Å². The summed E-state index contributed by atoms with van der Waals surface area (Å²) in [4.78, 5) is 24.7. The van der Waals surface area contributed by atoms with Gasteiger partial charge in [0.1, 0.15) is 0 Å². The zero-order valence-corrected chi connectivity index (χ0v) is 20.6. The summed E-state index contributed by atoms with van der Waals surface area (Å²) in [5, 5.41) is 0. The first-order chi connectivity index (χ1) is 16.5. The Morgan fingerprint density at radius 2 is 1.20 bits per heavy atom. The van der Waals surface area contributed by atoms with Crippen LogP contribution in [0, 0.1) is 13.8 Å². The van der Waals surface area contributed by atoms with E-state index in [0.29, 0.717) is 11.4 Å². The summed E-state index contributed by atoms with van der Waals surface area (Å²) in [7, 11) is -7.87. The number of nitrogens with one attached hydrogen (secondary N) is 2. The van der Waals surface area contributed by atoms with Gasteiger partial charge in [0.2, 0.25) is 11.8 Å². The smallest absolute Gasteiger partial charge is 0.261 e. The highest BCUT2D eigenvalue weighted by atomic mass is 32.2. The van der Waals surface area contributed by atoms with Crippen molar-refractivity contribution in [2.45, 2.75) is 36.5 Å². The van der Waals surface area contributed by atoms with Gasteiger partial charge in [0.15, 0.2) is 0 Å². The molecule has 1 aliphatic rings. The zero-order chi connectivity index (χ0) is 25.4. The lowest BCUT2D eigenvalue weighted by molar-refractivity contribution is -0.121. The first-order valence-corrected chi connectivity index (χ1v) is 13.6. The predicted molar refractivity (Wildman–Crippen MR) is 132 cm³/mol. The highest BCUT2D eigenvalue weighted by Crippen LogP contribution is 2.26. The molecule has 182 valence electrons. The van der Waals surface area contributed by atoms with Gasteiger partial charge >= 0.3 is 0 Å². The van der Waals surface area contributed by atoms with E-state index < -0.39 is 20.0 Å². The van der Waals surface area contributed by atoms with Crippen molar-refractivity contribution in [1.29, 1.82) is 0 Å². The first kappa shape index (κ1) is 24.4. The van der Waals surface area contributed by atoms with Crippen molar-refractivity contribution < 1.29 is 26.4 Å². The van der Waals surface area contributed by atoms with E-state index in [1.807, 2.05) is 19.1 Å². The van der Waals surface area contributed by atoms with Gasteiger partial charge in [-0.1, -0.05) is 12.1 Å². The maximum absolute atomic E-state index is 12.8. The lowest BCUT2D eigenvalue weighted by Gasteiger charge is -2.15. The second-order valence-corrected chi connectivity index (χ2v) is 11.5. The van der Waals surface area contributed by atoms with E-state index in [-0.39, 0.29) is 40.1 Å². The maximum atomic E-state index is 12.8. The molecule has 0 radical (unpaired) electrons. The molecule has 11 heteroatoms. The largest absolute Gasteiger partial charge is 0.280 e. The van der Waals surface area contributed by atoms with E-state index in [1.165, 1.54) is 48.5 Å². The predicted octanol–water partition coefficient (Wildman–Crippen LogP) is 3.56. The van der Waals surface area contributed by atoms with Crippen molar-refractivity contribution in [3.63, 3.8) is 0 Å². The summed E-state index contributed by atoms with van der Waals surface area (Å²) in [6.45, 7) is 3.65. The average Bonchev–Trinajstić information content (AvgIpc) is 3.14. The molecule has 3 aromatic carbocycles. The number of carbonyl (C=O) groups is 2. The van der Waals surface area contributed by atoms with Gasteiger partial charge in [-0.2, -0.15) is 0 Å². The fourth-order valence-electron chi connectivity index (χ4n) is 3.60. The van der Waals surface area contributed by atoms with Crippen LogP contribution in [0.1, 0.15) is 24.0 Å². The minimum absolute atomic E-state index is 0.0225. The minimum Gasteiger partial charge on any atom is -0.280 e. The number of rotatable bonds is 7. The lowest BCUT2D eigenvalue weighted by atomic mass is 10.1. The zero-order valence-electron chi connectivity index (χ0n) is 19.0. The van der Waals surface area contributed by atoms with Crippen molar-refractivity contribution >= 4 is 48.9 Å². The summed E-state index contributed by atoms with van der Waals surface area (Å²) in [5.74, 6) is -0.656. The summed E-state index contributed by atoms with van der Waals surface area (Å²) >= 11 is 0. The van der Waals surface area contributed by atoms with Crippen molar-refractivity contribution in [2.75, 3.05) is 14.3 Å². The molecule has 4 rings (SSSR count). The molecule has 0 unspecified atom stereocenters. The number of aryl methyl sites for hydroxylation is 2. The number of imide groups is 1. The molecule has 2 N–H and O–H groups in total. The van der Waals surface area contributed by atoms with Crippen LogP contribution in [0.15, 0.2) is 76.5 Å². The van der Waals surface area contributed by atoms with E-state index >= 15 is 0 Å². The Hall–Kier alpha value is -3.70. The molecule has 1 fully saturated rings. The molecule has 0 aromatic heterocycles. The number of hydrogen-bond donors (Lipinski definition) is 2. The second-order valence-electron chi connectivity index (χ2n) is 8.17. The molecule has 9 nitrogen and oxygen atoms in total. The third kappa shape index (κ3) is 5.20. The number of carbonyl (C=O) groups excluding carboxylic acids is 2. The topological polar surface area (TPSA) is 130 Å². The van der Waals surface area contributed by atoms with Gasteiger partial charge < -0.3 is 0 Å². The Bertz CT molecular complexity index is 1500. The Kier molecular flexibility index (Phi) is 6.39. The van der Waals surface area contributed by atoms with Gasteiger partial charge in [-0.15, -0.1) is 0 Å². The van der Waals surface area contributed by atoms with Gasteiger partial charge in [-0.3, -0.25) is 23.9 Å². The quantitative estimate of drug-likeness (QED) is 0.465. The maximum Gasteiger partial charge on any atom is 0.261 e. The normalized spacial score (nSPS) is 14.3. The number of amides is 2. The molecule has 1 heterocycles. The van der Waals surface area contributed by atoms with Crippen LogP contribution in [0.2, 0.25) is 0 Å². The summed E-state index contributed by atoms with van der Waals surface area (Å²) < 4.78 is 56.0. The molecule has 3 aromatic rings. The molecule has 0 spiro atoms. The van der Waals surface area contributed by atoms with Crippen LogP contribution < -0.4 is 14.3 Å². The van der Waals surface area contributed by atoms with Crippen LogP contribution in [-0.2, 0) is 29.6 Å². The van der Waals surface area contributed by atoms with Crippen LogP contribution in [0.5, 0.6) is 0 Å². The van der Waals surface area contributed by atoms with Gasteiger partial charge in [0.25, 0.3) is 20.0 Å². The minimum atomic E-state index is -3.99. The fourth-order valence-corrected chi connectivity index (χ4v) is 5.78. The molecular weight excluding hydrogens is 490 g/mol. The summed E-state index contributed by atoms with van der Waals surface area (Å²) in [6, 6.07) is 16.1. The average molecular weight is 514 g/mol. The summed E-state index contributed by atoms with van der Waals surface area (Å²) in [6.07, 6.45) is 0.262. The first-order valence-electron chi connectivity index (χ1n) is 10.7. The van der Waals surface area contributed by atoms with E-state index in [0.717, 1.165) is 16.0 Å². The van der Waals surface area contributed by atoms with Crippen molar-refractivity contribution in [2.24, 2.45) is 0 Å².